The van der Waals surface area contributed by atoms with Crippen LogP contribution in [0.25, 0.3) is 11.0 Å². The van der Waals surface area contributed by atoms with E-state index in [4.69, 9.17) is 0 Å². The van der Waals surface area contributed by atoms with Crippen LogP contribution < -0.4 is 0 Å². The molecular weight excluding hydrogens is 358 g/mol. The minimum atomic E-state index is -4.47. The highest BCUT2D eigenvalue weighted by Crippen LogP contribution is 2.26. The van der Waals surface area contributed by atoms with Crippen LogP contribution in [-0.2, 0) is 6.54 Å². The van der Waals surface area contributed by atoms with E-state index < -0.39 is 24.4 Å². The zero-order chi connectivity index (χ0) is 12.8. The largest absolute Gasteiger partial charge is 0.406 e. The Labute approximate surface area is 106 Å². The van der Waals surface area contributed by atoms with Crippen LogP contribution in [0.5, 0.6) is 0 Å². The summed E-state index contributed by atoms with van der Waals surface area (Å²) in [5, 5.41) is 0. The summed E-state index contributed by atoms with van der Waals surface area (Å²) in [4.78, 5) is 3.52. The van der Waals surface area contributed by atoms with E-state index in [1.165, 1.54) is 22.6 Å². The Morgan fingerprint density at radius 1 is 1.29 bits per heavy atom. The zero-order valence-electron chi connectivity index (χ0n) is 8.02. The predicted octanol–water partition coefficient (Wildman–Crippen LogP) is 3.48. The van der Waals surface area contributed by atoms with Crippen LogP contribution in [0, 0.1) is 15.2 Å². The number of imidazole rings is 1. The molecule has 1 aromatic carbocycles. The molecule has 1 heterocycles. The second-order valence-corrected chi connectivity index (χ2v) is 4.42. The number of aromatic nitrogens is 2. The van der Waals surface area contributed by atoms with Gasteiger partial charge in [-0.15, -0.1) is 0 Å². The van der Waals surface area contributed by atoms with Gasteiger partial charge in [0.25, 0.3) is 0 Å². The van der Waals surface area contributed by atoms with E-state index in [1.807, 2.05) is 0 Å². The third-order valence-corrected chi connectivity index (χ3v) is 3.09. The molecule has 92 valence electrons. The Morgan fingerprint density at radius 3 is 2.53 bits per heavy atom. The van der Waals surface area contributed by atoms with Gasteiger partial charge in [0.2, 0.25) is 0 Å². The van der Waals surface area contributed by atoms with E-state index in [-0.39, 0.29) is 14.6 Å². The molecule has 17 heavy (non-hydrogen) atoms. The molecule has 0 unspecified atom stereocenters. The standard InChI is InChI=1S/C9H4F5IN2/c10-4-1-5-8(6(11)7(4)15)16-3-17(5)2-9(12,13)14/h1,3H,2H2. The van der Waals surface area contributed by atoms with E-state index in [9.17, 15) is 22.0 Å². The van der Waals surface area contributed by atoms with E-state index in [0.717, 1.165) is 12.4 Å². The van der Waals surface area contributed by atoms with Gasteiger partial charge >= 0.3 is 6.18 Å². The van der Waals surface area contributed by atoms with Crippen LogP contribution in [0.15, 0.2) is 12.4 Å². The van der Waals surface area contributed by atoms with Crippen molar-refractivity contribution in [2.45, 2.75) is 12.7 Å². The van der Waals surface area contributed by atoms with Crippen molar-refractivity contribution in [3.8, 4) is 0 Å². The molecule has 0 saturated heterocycles. The first-order chi connectivity index (χ1) is 7.79. The summed E-state index contributed by atoms with van der Waals surface area (Å²) in [6.07, 6.45) is -3.62. The van der Waals surface area contributed by atoms with Crippen LogP contribution in [0.2, 0.25) is 0 Å². The number of fused-ring (bicyclic) bond motifs is 1. The predicted molar refractivity (Wildman–Crippen MR) is 58.4 cm³/mol. The fourth-order valence-corrected chi connectivity index (χ4v) is 1.83. The Kier molecular flexibility index (Phi) is 3.00. The average molecular weight is 362 g/mol. The number of rotatable bonds is 1. The van der Waals surface area contributed by atoms with Gasteiger partial charge in [0.15, 0.2) is 5.82 Å². The smallest absolute Gasteiger partial charge is 0.321 e. The molecule has 0 radical (unpaired) electrons. The normalized spacial score (nSPS) is 12.4. The number of hydrogen-bond acceptors (Lipinski definition) is 1. The van der Waals surface area contributed by atoms with Crippen molar-refractivity contribution in [1.29, 1.82) is 0 Å². The summed E-state index contributed by atoms with van der Waals surface area (Å²) in [6, 6.07) is 0.846. The number of alkyl halides is 3. The molecule has 0 aliphatic heterocycles. The molecular formula is C9H4F5IN2. The summed E-state index contributed by atoms with van der Waals surface area (Å²) in [7, 11) is 0. The first kappa shape index (κ1) is 12.5. The molecule has 0 fully saturated rings. The second kappa shape index (κ2) is 4.07. The number of halogens is 6. The van der Waals surface area contributed by atoms with Crippen molar-refractivity contribution < 1.29 is 22.0 Å². The first-order valence-corrected chi connectivity index (χ1v) is 5.42. The monoisotopic (exact) mass is 362 g/mol. The second-order valence-electron chi connectivity index (χ2n) is 3.34. The van der Waals surface area contributed by atoms with Crippen molar-refractivity contribution in [3.63, 3.8) is 0 Å². The maximum absolute atomic E-state index is 13.5. The lowest BCUT2D eigenvalue weighted by molar-refractivity contribution is -0.139. The Bertz CT molecular complexity index is 575. The van der Waals surface area contributed by atoms with Gasteiger partial charge in [-0.3, -0.25) is 0 Å². The van der Waals surface area contributed by atoms with Crippen molar-refractivity contribution in [2.24, 2.45) is 0 Å². The maximum Gasteiger partial charge on any atom is 0.406 e. The fraction of sp³-hybridized carbons (Fsp3) is 0.222. The summed E-state index contributed by atoms with van der Waals surface area (Å²) < 4.78 is 63.7. The van der Waals surface area contributed by atoms with Crippen LogP contribution >= 0.6 is 22.6 Å². The lowest BCUT2D eigenvalue weighted by Gasteiger charge is -2.08. The van der Waals surface area contributed by atoms with Crippen LogP contribution in [0.1, 0.15) is 0 Å². The van der Waals surface area contributed by atoms with Crippen LogP contribution in [-0.4, -0.2) is 15.7 Å². The van der Waals surface area contributed by atoms with Crippen molar-refractivity contribution in [3.05, 3.63) is 27.6 Å². The Morgan fingerprint density at radius 2 is 1.94 bits per heavy atom. The van der Waals surface area contributed by atoms with E-state index >= 15 is 0 Å². The van der Waals surface area contributed by atoms with Crippen molar-refractivity contribution >= 4 is 33.6 Å². The van der Waals surface area contributed by atoms with Gasteiger partial charge in [-0.2, -0.15) is 13.2 Å². The number of nitrogens with zero attached hydrogens (tertiary/aromatic N) is 2. The molecule has 0 spiro atoms. The van der Waals surface area contributed by atoms with Crippen LogP contribution in [0.3, 0.4) is 0 Å². The van der Waals surface area contributed by atoms with Crippen molar-refractivity contribution in [2.75, 3.05) is 0 Å². The Balaban J connectivity index is 2.62. The molecule has 0 amide bonds. The van der Waals surface area contributed by atoms with Crippen molar-refractivity contribution in [1.82, 2.24) is 9.55 Å². The van der Waals surface area contributed by atoms with Crippen LogP contribution in [0.4, 0.5) is 22.0 Å². The molecule has 0 bridgehead atoms. The third-order valence-electron chi connectivity index (χ3n) is 2.10. The highest BCUT2D eigenvalue weighted by Gasteiger charge is 2.29. The maximum atomic E-state index is 13.5. The quantitative estimate of drug-likeness (QED) is 0.432. The van der Waals surface area contributed by atoms with Gasteiger partial charge in [0.1, 0.15) is 17.9 Å². The summed E-state index contributed by atoms with van der Waals surface area (Å²) in [5.41, 5.74) is -0.474. The van der Waals surface area contributed by atoms with E-state index in [1.54, 1.807) is 0 Å². The first-order valence-electron chi connectivity index (χ1n) is 4.34. The van der Waals surface area contributed by atoms with Gasteiger partial charge in [-0.05, 0) is 22.6 Å². The molecule has 0 atom stereocenters. The van der Waals surface area contributed by atoms with E-state index in [0.29, 0.717) is 4.57 Å². The average Bonchev–Trinajstić information content (AvgIpc) is 2.56. The lowest BCUT2D eigenvalue weighted by atomic mass is 10.3. The highest BCUT2D eigenvalue weighted by molar-refractivity contribution is 14.1. The molecule has 0 aliphatic rings. The minimum absolute atomic E-state index is 0.210. The topological polar surface area (TPSA) is 17.8 Å². The fourth-order valence-electron chi connectivity index (χ4n) is 1.42. The minimum Gasteiger partial charge on any atom is -0.321 e. The summed E-state index contributed by atoms with van der Waals surface area (Å²) in [6.45, 7) is -1.33. The molecule has 1 aromatic heterocycles. The van der Waals surface area contributed by atoms with E-state index in [2.05, 4.69) is 4.98 Å². The van der Waals surface area contributed by atoms with Gasteiger partial charge in [0, 0.05) is 6.07 Å². The van der Waals surface area contributed by atoms with Gasteiger partial charge < -0.3 is 4.57 Å². The molecule has 8 heteroatoms. The molecule has 2 rings (SSSR count). The molecule has 0 saturated carbocycles. The molecule has 0 aliphatic carbocycles. The summed E-state index contributed by atoms with van der Waals surface area (Å²) >= 11 is 1.43. The Hall–Kier alpha value is -0.930. The molecule has 0 N–H and O–H groups in total. The van der Waals surface area contributed by atoms with Gasteiger partial charge in [-0.1, -0.05) is 0 Å². The summed E-state index contributed by atoms with van der Waals surface area (Å²) in [5.74, 6) is -1.85. The van der Waals surface area contributed by atoms with Gasteiger partial charge in [-0.25, -0.2) is 13.8 Å². The third kappa shape index (κ3) is 2.35. The molecule has 2 aromatic rings. The number of benzene rings is 1. The van der Waals surface area contributed by atoms with Gasteiger partial charge in [0.05, 0.1) is 15.4 Å². The SMILES string of the molecule is Fc1cc2c(ncn2CC(F)(F)F)c(F)c1I. The lowest BCUT2D eigenvalue weighted by Crippen LogP contribution is -2.17. The zero-order valence-corrected chi connectivity index (χ0v) is 10.2. The molecule has 2 nitrogen and oxygen atoms in total. The number of hydrogen-bond donors (Lipinski definition) is 0. The highest BCUT2D eigenvalue weighted by atomic mass is 127.